The predicted molar refractivity (Wildman–Crippen MR) is 61.0 cm³/mol. The van der Waals surface area contributed by atoms with E-state index in [1.165, 1.54) is 0 Å². The molecule has 4 nitrogen and oxygen atoms in total. The predicted octanol–water partition coefficient (Wildman–Crippen LogP) is 1.02. The zero-order valence-electron chi connectivity index (χ0n) is 8.73. The Morgan fingerprint density at radius 1 is 1.53 bits per heavy atom. The fourth-order valence-corrected chi connectivity index (χ4v) is 4.48. The molecule has 0 aromatic rings. The molecule has 0 saturated carbocycles. The summed E-state index contributed by atoms with van der Waals surface area (Å²) in [7, 11) is -3.12. The SMILES string of the molecule is CSCCCC1(C(=O)O)CCS(=O)(=O)C1. The zero-order chi connectivity index (χ0) is 11.5. The summed E-state index contributed by atoms with van der Waals surface area (Å²) < 4.78 is 22.6. The summed E-state index contributed by atoms with van der Waals surface area (Å²) >= 11 is 1.65. The second kappa shape index (κ2) is 4.74. The van der Waals surface area contributed by atoms with E-state index in [4.69, 9.17) is 5.11 Å². The Bertz CT molecular complexity index is 336. The van der Waals surface area contributed by atoms with E-state index in [0.29, 0.717) is 6.42 Å². The molecule has 1 heterocycles. The molecular formula is C9H16O4S2. The van der Waals surface area contributed by atoms with E-state index >= 15 is 0 Å². The van der Waals surface area contributed by atoms with E-state index in [1.807, 2.05) is 6.26 Å². The largest absolute Gasteiger partial charge is 0.481 e. The minimum atomic E-state index is -3.12. The first-order valence-corrected chi connectivity index (χ1v) is 8.06. The fourth-order valence-electron chi connectivity index (χ4n) is 1.94. The molecule has 0 bridgehead atoms. The molecule has 0 aromatic heterocycles. The Morgan fingerprint density at radius 3 is 2.60 bits per heavy atom. The smallest absolute Gasteiger partial charge is 0.310 e. The molecule has 1 aliphatic heterocycles. The lowest BCUT2D eigenvalue weighted by Gasteiger charge is -2.21. The number of rotatable bonds is 5. The van der Waals surface area contributed by atoms with Gasteiger partial charge in [-0.2, -0.15) is 11.8 Å². The normalized spacial score (nSPS) is 29.1. The van der Waals surface area contributed by atoms with Crippen LogP contribution in [0, 0.1) is 5.41 Å². The lowest BCUT2D eigenvalue weighted by atomic mass is 9.83. The quantitative estimate of drug-likeness (QED) is 0.740. The van der Waals surface area contributed by atoms with Crippen molar-refractivity contribution in [2.75, 3.05) is 23.5 Å². The molecule has 6 heteroatoms. The maximum absolute atomic E-state index is 11.3. The first kappa shape index (κ1) is 12.8. The molecule has 0 amide bonds. The molecule has 1 atom stereocenters. The third-order valence-electron chi connectivity index (χ3n) is 2.85. The molecule has 1 N–H and O–H groups in total. The van der Waals surface area contributed by atoms with Crippen molar-refractivity contribution in [2.24, 2.45) is 5.41 Å². The standard InChI is InChI=1S/C9H16O4S2/c1-14-5-2-3-9(8(10)11)4-6-15(12,13)7-9/h2-7H2,1H3,(H,10,11). The Kier molecular flexibility index (Phi) is 4.06. The van der Waals surface area contributed by atoms with Crippen LogP contribution in [0.3, 0.4) is 0 Å². The van der Waals surface area contributed by atoms with E-state index in [0.717, 1.165) is 12.2 Å². The Balaban J connectivity index is 2.70. The number of aliphatic carboxylic acids is 1. The molecule has 0 aromatic carbocycles. The molecular weight excluding hydrogens is 236 g/mol. The highest BCUT2D eigenvalue weighted by Crippen LogP contribution is 2.37. The van der Waals surface area contributed by atoms with Gasteiger partial charge in [0.1, 0.15) is 0 Å². The average molecular weight is 252 g/mol. The summed E-state index contributed by atoms with van der Waals surface area (Å²) in [5, 5.41) is 9.12. The van der Waals surface area contributed by atoms with Crippen molar-refractivity contribution in [2.45, 2.75) is 19.3 Å². The Labute approximate surface area is 94.4 Å². The minimum absolute atomic E-state index is 0.0264. The summed E-state index contributed by atoms with van der Waals surface area (Å²) in [4.78, 5) is 11.1. The highest BCUT2D eigenvalue weighted by Gasteiger charge is 2.47. The molecule has 0 aliphatic carbocycles. The third-order valence-corrected chi connectivity index (χ3v) is 5.36. The molecule has 88 valence electrons. The number of thioether (sulfide) groups is 1. The maximum Gasteiger partial charge on any atom is 0.310 e. The topological polar surface area (TPSA) is 71.4 Å². The van der Waals surface area contributed by atoms with Crippen LogP contribution in [0.15, 0.2) is 0 Å². The van der Waals surface area contributed by atoms with Crippen molar-refractivity contribution >= 4 is 27.6 Å². The van der Waals surface area contributed by atoms with E-state index in [2.05, 4.69) is 0 Å². The highest BCUT2D eigenvalue weighted by molar-refractivity contribution is 7.98. The van der Waals surface area contributed by atoms with Crippen molar-refractivity contribution in [3.63, 3.8) is 0 Å². The first-order chi connectivity index (χ1) is 6.92. The molecule has 1 aliphatic rings. The Morgan fingerprint density at radius 2 is 2.20 bits per heavy atom. The Hall–Kier alpha value is -0.230. The number of hydrogen-bond donors (Lipinski definition) is 1. The summed E-state index contributed by atoms with van der Waals surface area (Å²) in [6, 6.07) is 0. The molecule has 15 heavy (non-hydrogen) atoms. The van der Waals surface area contributed by atoms with Crippen LogP contribution in [-0.4, -0.2) is 43.0 Å². The van der Waals surface area contributed by atoms with E-state index in [-0.39, 0.29) is 17.9 Å². The number of carboxylic acids is 1. The van der Waals surface area contributed by atoms with Gasteiger partial charge in [0.15, 0.2) is 9.84 Å². The summed E-state index contributed by atoms with van der Waals surface area (Å²) in [5.41, 5.74) is -1.01. The lowest BCUT2D eigenvalue weighted by molar-refractivity contribution is -0.147. The van der Waals surface area contributed by atoms with Crippen molar-refractivity contribution in [3.05, 3.63) is 0 Å². The van der Waals surface area contributed by atoms with Crippen LogP contribution >= 0.6 is 11.8 Å². The van der Waals surface area contributed by atoms with Crippen LogP contribution in [-0.2, 0) is 14.6 Å². The second-order valence-electron chi connectivity index (χ2n) is 4.02. The number of hydrogen-bond acceptors (Lipinski definition) is 4. The molecule has 1 unspecified atom stereocenters. The van der Waals surface area contributed by atoms with Crippen molar-refractivity contribution < 1.29 is 18.3 Å². The van der Waals surface area contributed by atoms with Crippen LogP contribution in [0.4, 0.5) is 0 Å². The van der Waals surface area contributed by atoms with Crippen LogP contribution in [0.5, 0.6) is 0 Å². The average Bonchev–Trinajstić information content (AvgIpc) is 2.44. The van der Waals surface area contributed by atoms with Gasteiger partial charge in [0.2, 0.25) is 0 Å². The van der Waals surface area contributed by atoms with Gasteiger partial charge < -0.3 is 5.11 Å². The van der Waals surface area contributed by atoms with Crippen LogP contribution in [0.2, 0.25) is 0 Å². The van der Waals surface area contributed by atoms with Gasteiger partial charge in [0.25, 0.3) is 0 Å². The van der Waals surface area contributed by atoms with Gasteiger partial charge in [-0.15, -0.1) is 0 Å². The van der Waals surface area contributed by atoms with Crippen LogP contribution in [0.25, 0.3) is 0 Å². The van der Waals surface area contributed by atoms with Crippen molar-refractivity contribution in [1.29, 1.82) is 0 Å². The zero-order valence-corrected chi connectivity index (χ0v) is 10.4. The van der Waals surface area contributed by atoms with Gasteiger partial charge in [-0.05, 0) is 31.3 Å². The van der Waals surface area contributed by atoms with E-state index in [9.17, 15) is 13.2 Å². The molecule has 0 radical (unpaired) electrons. The summed E-state index contributed by atoms with van der Waals surface area (Å²) in [6.07, 6.45) is 3.48. The minimum Gasteiger partial charge on any atom is -0.481 e. The molecule has 1 fully saturated rings. The van der Waals surface area contributed by atoms with E-state index < -0.39 is 21.2 Å². The van der Waals surface area contributed by atoms with E-state index in [1.54, 1.807) is 11.8 Å². The third kappa shape index (κ3) is 3.11. The summed E-state index contributed by atoms with van der Waals surface area (Å²) in [5.74, 6) is -0.221. The fraction of sp³-hybridized carbons (Fsp3) is 0.889. The van der Waals surface area contributed by atoms with Crippen LogP contribution < -0.4 is 0 Å². The van der Waals surface area contributed by atoms with Gasteiger partial charge in [0, 0.05) is 0 Å². The maximum atomic E-state index is 11.3. The van der Waals surface area contributed by atoms with Gasteiger partial charge in [-0.3, -0.25) is 4.79 Å². The van der Waals surface area contributed by atoms with Crippen molar-refractivity contribution in [3.8, 4) is 0 Å². The van der Waals surface area contributed by atoms with Gasteiger partial charge in [-0.25, -0.2) is 8.42 Å². The highest BCUT2D eigenvalue weighted by atomic mass is 32.2. The number of carboxylic acid groups (broad SMARTS) is 1. The lowest BCUT2D eigenvalue weighted by Crippen LogP contribution is -2.32. The van der Waals surface area contributed by atoms with Gasteiger partial charge >= 0.3 is 5.97 Å². The summed E-state index contributed by atoms with van der Waals surface area (Å²) in [6.45, 7) is 0. The second-order valence-corrected chi connectivity index (χ2v) is 7.19. The van der Waals surface area contributed by atoms with Gasteiger partial charge in [-0.1, -0.05) is 0 Å². The number of carbonyl (C=O) groups is 1. The van der Waals surface area contributed by atoms with Gasteiger partial charge in [0.05, 0.1) is 16.9 Å². The van der Waals surface area contributed by atoms with Crippen LogP contribution in [0.1, 0.15) is 19.3 Å². The first-order valence-electron chi connectivity index (χ1n) is 4.85. The monoisotopic (exact) mass is 252 g/mol. The molecule has 1 saturated heterocycles. The van der Waals surface area contributed by atoms with Crippen molar-refractivity contribution in [1.82, 2.24) is 0 Å². The molecule has 1 rings (SSSR count). The molecule has 0 spiro atoms. The number of sulfone groups is 1.